The van der Waals surface area contributed by atoms with E-state index in [0.717, 1.165) is 20.6 Å². The summed E-state index contributed by atoms with van der Waals surface area (Å²) < 4.78 is 0.864. The molecule has 0 aromatic heterocycles. The fourth-order valence-corrected chi connectivity index (χ4v) is 2.70. The molecule has 2 aromatic carbocycles. The Kier molecular flexibility index (Phi) is 4.68. The van der Waals surface area contributed by atoms with Crippen molar-refractivity contribution >= 4 is 39.1 Å². The van der Waals surface area contributed by atoms with Gasteiger partial charge in [0.2, 0.25) is 0 Å². The molecule has 0 aliphatic rings. The summed E-state index contributed by atoms with van der Waals surface area (Å²) in [7, 11) is 0. The van der Waals surface area contributed by atoms with Crippen molar-refractivity contribution in [3.05, 3.63) is 68.1 Å². The summed E-state index contributed by atoms with van der Waals surface area (Å²) in [5, 5.41) is 1.40. The highest BCUT2D eigenvalue weighted by molar-refractivity contribution is 9.10. The zero-order valence-corrected chi connectivity index (χ0v) is 12.6. The molecule has 2 N–H and O–H groups in total. The van der Waals surface area contributed by atoms with Gasteiger partial charge in [0, 0.05) is 15.5 Å². The van der Waals surface area contributed by atoms with E-state index in [1.165, 1.54) is 0 Å². The van der Waals surface area contributed by atoms with Crippen LogP contribution in [0.1, 0.15) is 17.2 Å². The number of hydrogen-bond donors (Lipinski definition) is 1. The third-order valence-corrected chi connectivity index (χ3v) is 4.27. The molecule has 0 spiro atoms. The van der Waals surface area contributed by atoms with Gasteiger partial charge >= 0.3 is 0 Å². The molecule has 0 aliphatic heterocycles. The maximum absolute atomic E-state index is 6.23. The summed E-state index contributed by atoms with van der Waals surface area (Å²) in [5.41, 5.74) is 8.24. The molecule has 0 radical (unpaired) electrons. The Balaban J connectivity index is 2.22. The molecule has 1 unspecified atom stereocenters. The van der Waals surface area contributed by atoms with Crippen LogP contribution in [0.4, 0.5) is 0 Å². The second kappa shape index (κ2) is 6.07. The van der Waals surface area contributed by atoms with Crippen LogP contribution in [0.25, 0.3) is 0 Å². The predicted octanol–water partition coefficient (Wildman–Crippen LogP) is 5.00. The van der Waals surface area contributed by atoms with Crippen LogP contribution in [0.3, 0.4) is 0 Å². The highest BCUT2D eigenvalue weighted by atomic mass is 79.9. The van der Waals surface area contributed by atoms with Crippen LogP contribution >= 0.6 is 39.1 Å². The average molecular weight is 345 g/mol. The minimum Gasteiger partial charge on any atom is -0.324 e. The third-order valence-electron chi connectivity index (χ3n) is 2.73. The van der Waals surface area contributed by atoms with E-state index in [1.807, 2.05) is 42.5 Å². The Morgan fingerprint density at radius 2 is 1.83 bits per heavy atom. The van der Waals surface area contributed by atoms with Crippen LogP contribution in [0.15, 0.2) is 46.9 Å². The van der Waals surface area contributed by atoms with E-state index in [2.05, 4.69) is 15.9 Å². The monoisotopic (exact) mass is 343 g/mol. The van der Waals surface area contributed by atoms with Gasteiger partial charge in [-0.3, -0.25) is 0 Å². The van der Waals surface area contributed by atoms with Gasteiger partial charge in [-0.05, 0) is 51.7 Å². The lowest BCUT2D eigenvalue weighted by molar-refractivity contribution is 0.722. The highest BCUT2D eigenvalue weighted by Gasteiger charge is 2.12. The summed E-state index contributed by atoms with van der Waals surface area (Å²) in [6, 6.07) is 13.3. The molecule has 0 aliphatic carbocycles. The van der Waals surface area contributed by atoms with Gasteiger partial charge in [-0.15, -0.1) is 0 Å². The molecule has 4 heteroatoms. The van der Waals surface area contributed by atoms with Crippen molar-refractivity contribution in [1.82, 2.24) is 0 Å². The number of halogens is 3. The maximum Gasteiger partial charge on any atom is 0.0595 e. The molecule has 2 aromatic rings. The van der Waals surface area contributed by atoms with Crippen molar-refractivity contribution in [2.75, 3.05) is 0 Å². The minimum atomic E-state index is -0.145. The lowest BCUT2D eigenvalue weighted by Gasteiger charge is -2.14. The van der Waals surface area contributed by atoms with Crippen molar-refractivity contribution < 1.29 is 0 Å². The summed E-state index contributed by atoms with van der Waals surface area (Å²) in [4.78, 5) is 0. The quantitative estimate of drug-likeness (QED) is 0.833. The number of benzene rings is 2. The van der Waals surface area contributed by atoms with E-state index in [9.17, 15) is 0 Å². The van der Waals surface area contributed by atoms with Gasteiger partial charge in [0.1, 0.15) is 0 Å². The molecule has 18 heavy (non-hydrogen) atoms. The van der Waals surface area contributed by atoms with E-state index >= 15 is 0 Å². The van der Waals surface area contributed by atoms with Gasteiger partial charge in [-0.2, -0.15) is 0 Å². The summed E-state index contributed by atoms with van der Waals surface area (Å²) in [5.74, 6) is 0. The minimum absolute atomic E-state index is 0.145. The van der Waals surface area contributed by atoms with Crippen LogP contribution in [0, 0.1) is 0 Å². The van der Waals surface area contributed by atoms with Crippen molar-refractivity contribution in [3.8, 4) is 0 Å². The van der Waals surface area contributed by atoms with Crippen molar-refractivity contribution in [1.29, 1.82) is 0 Å². The second-order valence-corrected chi connectivity index (χ2v) is 5.75. The standard InChI is InChI=1S/C14H12BrCl2N/c15-12-6-2-5-11(14(12)17)13(18)8-9-3-1-4-10(16)7-9/h1-7,13H,8,18H2. The van der Waals surface area contributed by atoms with Gasteiger partial charge in [-0.25, -0.2) is 0 Å². The van der Waals surface area contributed by atoms with Gasteiger partial charge in [0.05, 0.1) is 5.02 Å². The lowest BCUT2D eigenvalue weighted by Crippen LogP contribution is -2.14. The van der Waals surface area contributed by atoms with Crippen LogP contribution in [-0.4, -0.2) is 0 Å². The topological polar surface area (TPSA) is 26.0 Å². The molecular formula is C14H12BrCl2N. The highest BCUT2D eigenvalue weighted by Crippen LogP contribution is 2.30. The summed E-state index contributed by atoms with van der Waals surface area (Å²) in [6.45, 7) is 0. The first-order valence-electron chi connectivity index (χ1n) is 5.52. The zero-order chi connectivity index (χ0) is 13.1. The van der Waals surface area contributed by atoms with Gasteiger partial charge in [0.15, 0.2) is 0 Å². The molecule has 0 amide bonds. The average Bonchev–Trinajstić information content (AvgIpc) is 2.32. The maximum atomic E-state index is 6.23. The van der Waals surface area contributed by atoms with E-state index in [4.69, 9.17) is 28.9 Å². The molecule has 0 saturated carbocycles. The van der Waals surface area contributed by atoms with Gasteiger partial charge in [-0.1, -0.05) is 47.5 Å². The fourth-order valence-electron chi connectivity index (χ4n) is 1.83. The molecule has 2 rings (SSSR count). The molecular weight excluding hydrogens is 333 g/mol. The molecule has 1 nitrogen and oxygen atoms in total. The molecule has 0 saturated heterocycles. The first kappa shape index (κ1) is 13.9. The van der Waals surface area contributed by atoms with E-state index in [1.54, 1.807) is 0 Å². The SMILES string of the molecule is NC(Cc1cccc(Cl)c1)c1cccc(Br)c1Cl. The Labute approximate surface area is 125 Å². The number of rotatable bonds is 3. The number of nitrogens with two attached hydrogens (primary N) is 1. The molecule has 1 atom stereocenters. The molecule has 94 valence electrons. The van der Waals surface area contributed by atoms with Crippen LogP contribution < -0.4 is 5.73 Å². The van der Waals surface area contributed by atoms with Gasteiger partial charge in [0.25, 0.3) is 0 Å². The Morgan fingerprint density at radius 3 is 2.56 bits per heavy atom. The van der Waals surface area contributed by atoms with Crippen molar-refractivity contribution in [2.24, 2.45) is 5.73 Å². The normalized spacial score (nSPS) is 12.4. The van der Waals surface area contributed by atoms with Crippen LogP contribution in [-0.2, 0) is 6.42 Å². The van der Waals surface area contributed by atoms with Crippen molar-refractivity contribution in [2.45, 2.75) is 12.5 Å². The third kappa shape index (κ3) is 3.27. The van der Waals surface area contributed by atoms with Crippen LogP contribution in [0.2, 0.25) is 10.0 Å². The molecule has 0 fully saturated rings. The Morgan fingerprint density at radius 1 is 1.11 bits per heavy atom. The van der Waals surface area contributed by atoms with E-state index < -0.39 is 0 Å². The van der Waals surface area contributed by atoms with E-state index in [-0.39, 0.29) is 6.04 Å². The van der Waals surface area contributed by atoms with Crippen molar-refractivity contribution in [3.63, 3.8) is 0 Å². The Hall–Kier alpha value is -0.540. The molecule has 0 bridgehead atoms. The first-order valence-corrected chi connectivity index (χ1v) is 7.07. The Bertz CT molecular complexity index is 557. The smallest absolute Gasteiger partial charge is 0.0595 e. The van der Waals surface area contributed by atoms with Gasteiger partial charge < -0.3 is 5.73 Å². The molecule has 0 heterocycles. The second-order valence-electron chi connectivity index (χ2n) is 4.08. The number of hydrogen-bond acceptors (Lipinski definition) is 1. The first-order chi connectivity index (χ1) is 8.58. The zero-order valence-electron chi connectivity index (χ0n) is 9.54. The largest absolute Gasteiger partial charge is 0.324 e. The predicted molar refractivity (Wildman–Crippen MR) is 81.2 cm³/mol. The summed E-state index contributed by atoms with van der Waals surface area (Å²) >= 11 is 15.6. The summed E-state index contributed by atoms with van der Waals surface area (Å²) in [6.07, 6.45) is 0.705. The lowest BCUT2D eigenvalue weighted by atomic mass is 10.00. The fraction of sp³-hybridized carbons (Fsp3) is 0.143. The van der Waals surface area contributed by atoms with E-state index in [0.29, 0.717) is 11.4 Å². The van der Waals surface area contributed by atoms with Crippen LogP contribution in [0.5, 0.6) is 0 Å².